The zero-order valence-corrected chi connectivity index (χ0v) is 17.3. The number of halogens is 1. The monoisotopic (exact) mass is 441 g/mol. The Labute approximate surface area is 183 Å². The van der Waals surface area contributed by atoms with Crippen molar-refractivity contribution in [2.24, 2.45) is 11.8 Å². The Bertz CT molecular complexity index is 1010. The van der Waals surface area contributed by atoms with E-state index in [0.717, 1.165) is 22.9 Å². The fourth-order valence-electron chi connectivity index (χ4n) is 4.25. The standard InChI is InChI=1S/C22H20ClN3O5/c23-16-9-5-14(6-10-16)13-24(20(27)15-7-11-17(12-8-15)26(30)31)25-21(28)18-3-1-2-4-19(18)22(25)29/h5-12,18-19H,1-4,13H2/t18-,19-/m0/s1. The van der Waals surface area contributed by atoms with Crippen molar-refractivity contribution in [1.82, 2.24) is 10.0 Å². The highest BCUT2D eigenvalue weighted by Gasteiger charge is 2.51. The average molecular weight is 442 g/mol. The van der Waals surface area contributed by atoms with Gasteiger partial charge < -0.3 is 0 Å². The van der Waals surface area contributed by atoms with Crippen LogP contribution in [0.3, 0.4) is 0 Å². The Balaban J connectivity index is 1.69. The van der Waals surface area contributed by atoms with Gasteiger partial charge in [-0.2, -0.15) is 5.01 Å². The summed E-state index contributed by atoms with van der Waals surface area (Å²) in [6.45, 7) is -0.0100. The molecule has 1 heterocycles. The van der Waals surface area contributed by atoms with E-state index in [0.29, 0.717) is 23.4 Å². The second kappa shape index (κ2) is 8.47. The molecule has 1 aliphatic carbocycles. The number of nitrogens with zero attached hydrogens (tertiary/aromatic N) is 3. The summed E-state index contributed by atoms with van der Waals surface area (Å²) in [5, 5.41) is 13.6. The first-order valence-electron chi connectivity index (χ1n) is 10.1. The number of fused-ring (bicyclic) bond motifs is 1. The SMILES string of the molecule is O=C(c1ccc([N+](=O)[O-])cc1)N(Cc1ccc(Cl)cc1)N1C(=O)[C@H]2CCCC[C@@H]2C1=O. The molecular formula is C22H20ClN3O5. The van der Waals surface area contributed by atoms with Crippen molar-refractivity contribution in [2.45, 2.75) is 32.2 Å². The molecule has 0 aromatic heterocycles. The summed E-state index contributed by atoms with van der Waals surface area (Å²) in [7, 11) is 0. The predicted molar refractivity (Wildman–Crippen MR) is 112 cm³/mol. The first-order chi connectivity index (χ1) is 14.9. The number of rotatable bonds is 5. The smallest absolute Gasteiger partial charge is 0.272 e. The highest BCUT2D eigenvalue weighted by molar-refractivity contribution is 6.30. The number of hydrazine groups is 1. The van der Waals surface area contributed by atoms with Crippen molar-refractivity contribution in [2.75, 3.05) is 0 Å². The molecule has 2 aromatic rings. The quantitative estimate of drug-likeness (QED) is 0.397. The van der Waals surface area contributed by atoms with Gasteiger partial charge in [-0.25, -0.2) is 5.01 Å². The Kier molecular flexibility index (Phi) is 5.73. The molecule has 2 aromatic carbocycles. The Morgan fingerprint density at radius 2 is 1.55 bits per heavy atom. The van der Waals surface area contributed by atoms with Crippen molar-refractivity contribution in [3.05, 3.63) is 74.8 Å². The summed E-state index contributed by atoms with van der Waals surface area (Å²) in [6, 6.07) is 11.9. The second-order valence-corrected chi connectivity index (χ2v) is 8.22. The third-order valence-electron chi connectivity index (χ3n) is 5.86. The van der Waals surface area contributed by atoms with E-state index in [1.807, 2.05) is 0 Å². The van der Waals surface area contributed by atoms with Crippen LogP contribution in [0.2, 0.25) is 5.02 Å². The minimum Gasteiger partial charge on any atom is -0.272 e. The van der Waals surface area contributed by atoms with Gasteiger partial charge in [0.2, 0.25) is 0 Å². The van der Waals surface area contributed by atoms with Crippen molar-refractivity contribution in [1.29, 1.82) is 0 Å². The fraction of sp³-hybridized carbons (Fsp3) is 0.318. The van der Waals surface area contributed by atoms with Gasteiger partial charge in [0.15, 0.2) is 0 Å². The van der Waals surface area contributed by atoms with Crippen molar-refractivity contribution in [3.8, 4) is 0 Å². The second-order valence-electron chi connectivity index (χ2n) is 7.78. The molecule has 2 aliphatic rings. The number of hydrogen-bond donors (Lipinski definition) is 0. The van der Waals surface area contributed by atoms with Crippen LogP contribution in [-0.2, 0) is 16.1 Å². The summed E-state index contributed by atoms with van der Waals surface area (Å²) in [6.07, 6.45) is 3.02. The van der Waals surface area contributed by atoms with Crippen molar-refractivity contribution in [3.63, 3.8) is 0 Å². The Morgan fingerprint density at radius 3 is 2.06 bits per heavy atom. The van der Waals surface area contributed by atoms with Gasteiger partial charge in [-0.1, -0.05) is 36.6 Å². The molecule has 4 rings (SSSR count). The lowest BCUT2D eigenvalue weighted by Gasteiger charge is -2.30. The molecule has 0 N–H and O–H groups in total. The minimum absolute atomic E-state index is 0.0100. The van der Waals surface area contributed by atoms with Gasteiger partial charge in [0, 0.05) is 22.7 Å². The highest BCUT2D eigenvalue weighted by atomic mass is 35.5. The molecule has 9 heteroatoms. The van der Waals surface area contributed by atoms with Gasteiger partial charge in [0.1, 0.15) is 0 Å². The van der Waals surface area contributed by atoms with E-state index in [1.54, 1.807) is 24.3 Å². The molecule has 0 bridgehead atoms. The first kappa shape index (κ1) is 21.0. The molecule has 1 saturated carbocycles. The van der Waals surface area contributed by atoms with E-state index in [2.05, 4.69) is 0 Å². The van der Waals surface area contributed by atoms with Gasteiger partial charge in [-0.05, 0) is 42.7 Å². The van der Waals surface area contributed by atoms with E-state index in [4.69, 9.17) is 11.6 Å². The molecule has 0 radical (unpaired) electrons. The molecular weight excluding hydrogens is 422 g/mol. The molecule has 2 fully saturated rings. The van der Waals surface area contributed by atoms with Crippen molar-refractivity contribution >= 4 is 35.0 Å². The number of hydrogen-bond acceptors (Lipinski definition) is 5. The molecule has 0 unspecified atom stereocenters. The summed E-state index contributed by atoms with van der Waals surface area (Å²) in [4.78, 5) is 50.0. The predicted octanol–water partition coefficient (Wildman–Crippen LogP) is 3.98. The van der Waals surface area contributed by atoms with Crippen molar-refractivity contribution < 1.29 is 19.3 Å². The van der Waals surface area contributed by atoms with Crippen LogP contribution in [0.4, 0.5) is 5.69 Å². The van der Waals surface area contributed by atoms with Crippen LogP contribution in [0.5, 0.6) is 0 Å². The number of nitro groups is 1. The minimum atomic E-state index is -0.579. The number of carbonyl (C=O) groups is 3. The zero-order chi connectivity index (χ0) is 22.1. The largest absolute Gasteiger partial charge is 0.273 e. The van der Waals surface area contributed by atoms with E-state index in [1.165, 1.54) is 24.3 Å². The van der Waals surface area contributed by atoms with Gasteiger partial charge in [0.25, 0.3) is 23.4 Å². The van der Waals surface area contributed by atoms with E-state index in [9.17, 15) is 24.5 Å². The topological polar surface area (TPSA) is 101 Å². The van der Waals surface area contributed by atoms with Gasteiger partial charge in [-0.3, -0.25) is 24.5 Å². The third-order valence-corrected chi connectivity index (χ3v) is 6.12. The van der Waals surface area contributed by atoms with Crippen LogP contribution in [0, 0.1) is 22.0 Å². The van der Waals surface area contributed by atoms with E-state index >= 15 is 0 Å². The molecule has 8 nitrogen and oxygen atoms in total. The molecule has 0 spiro atoms. The maximum atomic E-state index is 13.4. The molecule has 1 aliphatic heterocycles. The number of amides is 3. The Hall–Kier alpha value is -3.26. The fourth-order valence-corrected chi connectivity index (χ4v) is 4.38. The summed E-state index contributed by atoms with van der Waals surface area (Å²) >= 11 is 5.95. The van der Waals surface area contributed by atoms with Crippen LogP contribution < -0.4 is 0 Å². The van der Waals surface area contributed by atoms with Crippen LogP contribution in [0.25, 0.3) is 0 Å². The third kappa shape index (κ3) is 4.03. The van der Waals surface area contributed by atoms with E-state index in [-0.39, 0.29) is 29.6 Å². The summed E-state index contributed by atoms with van der Waals surface area (Å²) < 4.78 is 0. The number of non-ortho nitro benzene ring substituents is 1. The van der Waals surface area contributed by atoms with Crippen LogP contribution in [0.15, 0.2) is 48.5 Å². The normalized spacial score (nSPS) is 20.5. The lowest BCUT2D eigenvalue weighted by atomic mass is 9.81. The first-order valence-corrected chi connectivity index (χ1v) is 10.4. The van der Waals surface area contributed by atoms with Crippen LogP contribution in [-0.4, -0.2) is 32.7 Å². The molecule has 1 saturated heterocycles. The van der Waals surface area contributed by atoms with Gasteiger partial charge in [0.05, 0.1) is 23.3 Å². The molecule has 160 valence electrons. The maximum absolute atomic E-state index is 13.4. The van der Waals surface area contributed by atoms with Crippen LogP contribution in [0.1, 0.15) is 41.6 Å². The highest BCUT2D eigenvalue weighted by Crippen LogP contribution is 2.39. The molecule has 2 atom stereocenters. The number of carbonyl (C=O) groups excluding carboxylic acids is 3. The lowest BCUT2D eigenvalue weighted by Crippen LogP contribution is -2.49. The Morgan fingerprint density at radius 1 is 1.00 bits per heavy atom. The van der Waals surface area contributed by atoms with Crippen LogP contribution >= 0.6 is 11.6 Å². The molecule has 31 heavy (non-hydrogen) atoms. The summed E-state index contributed by atoms with van der Waals surface area (Å²) in [5.41, 5.74) is 0.685. The van der Waals surface area contributed by atoms with Gasteiger partial charge >= 0.3 is 0 Å². The number of imide groups is 1. The number of nitro benzene ring substituents is 1. The number of benzene rings is 2. The maximum Gasteiger partial charge on any atom is 0.273 e. The van der Waals surface area contributed by atoms with Gasteiger partial charge in [-0.15, -0.1) is 0 Å². The average Bonchev–Trinajstić information content (AvgIpc) is 3.03. The summed E-state index contributed by atoms with van der Waals surface area (Å²) in [5.74, 6) is -2.11. The zero-order valence-electron chi connectivity index (χ0n) is 16.6. The molecule has 3 amide bonds. The van der Waals surface area contributed by atoms with E-state index < -0.39 is 22.7 Å². The lowest BCUT2D eigenvalue weighted by molar-refractivity contribution is -0.384.